The molecule has 0 unspecified atom stereocenters. The summed E-state index contributed by atoms with van der Waals surface area (Å²) >= 11 is 0. The normalized spacial score (nSPS) is 17.8. The third-order valence-electron chi connectivity index (χ3n) is 5.28. The number of ether oxygens (including phenoxy) is 1. The number of sulfone groups is 1. The van der Waals surface area contributed by atoms with Crippen LogP contribution in [0.25, 0.3) is 11.1 Å². The van der Waals surface area contributed by atoms with E-state index in [1.54, 1.807) is 19.2 Å². The third kappa shape index (κ3) is 2.99. The summed E-state index contributed by atoms with van der Waals surface area (Å²) in [6.45, 7) is 2.05. The second-order valence-corrected chi connectivity index (χ2v) is 9.35. The van der Waals surface area contributed by atoms with Gasteiger partial charge in [-0.2, -0.15) is 0 Å². The van der Waals surface area contributed by atoms with Crippen molar-refractivity contribution in [2.45, 2.75) is 24.7 Å². The Morgan fingerprint density at radius 1 is 0.923 bits per heavy atom. The molecule has 0 saturated heterocycles. The number of hydrogen-bond acceptors (Lipinski definition) is 3. The zero-order valence-electron chi connectivity index (χ0n) is 15.2. The van der Waals surface area contributed by atoms with E-state index >= 15 is 0 Å². The Bertz CT molecular complexity index is 1040. The molecule has 0 atom stereocenters. The largest absolute Gasteiger partial charge is 0.496 e. The van der Waals surface area contributed by atoms with Crippen LogP contribution in [0.3, 0.4) is 0 Å². The fraction of sp³-hybridized carbons (Fsp3) is 0.273. The molecule has 0 aliphatic heterocycles. The van der Waals surface area contributed by atoms with Crippen molar-refractivity contribution in [3.05, 3.63) is 71.3 Å². The molecule has 0 amide bonds. The Hall–Kier alpha value is -2.33. The monoisotopic (exact) mass is 366 g/mol. The first-order valence-electron chi connectivity index (χ1n) is 8.73. The van der Waals surface area contributed by atoms with Gasteiger partial charge in [-0.1, -0.05) is 30.4 Å². The van der Waals surface area contributed by atoms with Crippen LogP contribution in [-0.4, -0.2) is 21.8 Å². The van der Waals surface area contributed by atoms with Crippen molar-refractivity contribution in [2.75, 3.05) is 13.4 Å². The number of rotatable bonds is 4. The molecule has 26 heavy (non-hydrogen) atoms. The highest BCUT2D eigenvalue weighted by Crippen LogP contribution is 2.57. The maximum atomic E-state index is 11.7. The van der Waals surface area contributed by atoms with Crippen molar-refractivity contribution >= 4 is 21.0 Å². The van der Waals surface area contributed by atoms with Gasteiger partial charge in [-0.15, -0.1) is 0 Å². The third-order valence-corrected chi connectivity index (χ3v) is 6.41. The molecular formula is C22H22O3S. The van der Waals surface area contributed by atoms with E-state index in [4.69, 9.17) is 4.74 Å². The summed E-state index contributed by atoms with van der Waals surface area (Å²) < 4.78 is 28.8. The van der Waals surface area contributed by atoms with Gasteiger partial charge in [0.2, 0.25) is 0 Å². The van der Waals surface area contributed by atoms with Crippen molar-refractivity contribution in [3.8, 4) is 5.75 Å². The van der Waals surface area contributed by atoms with E-state index in [9.17, 15) is 8.42 Å². The Morgan fingerprint density at radius 3 is 2.00 bits per heavy atom. The summed E-state index contributed by atoms with van der Waals surface area (Å²) in [5.74, 6) is 0.886. The average Bonchev–Trinajstić information content (AvgIpc) is 3.25. The van der Waals surface area contributed by atoms with Crippen molar-refractivity contribution in [3.63, 3.8) is 0 Å². The lowest BCUT2D eigenvalue weighted by atomic mass is 9.94. The Labute approximate surface area is 154 Å². The summed E-state index contributed by atoms with van der Waals surface area (Å²) in [4.78, 5) is 0.354. The molecule has 2 aliphatic rings. The molecule has 2 aromatic rings. The summed E-state index contributed by atoms with van der Waals surface area (Å²) in [5.41, 5.74) is 5.93. The highest BCUT2D eigenvalue weighted by Gasteiger charge is 2.43. The molecule has 4 heteroatoms. The zero-order valence-corrected chi connectivity index (χ0v) is 16.1. The van der Waals surface area contributed by atoms with E-state index < -0.39 is 9.84 Å². The average molecular weight is 366 g/mol. The van der Waals surface area contributed by atoms with Crippen molar-refractivity contribution in [1.29, 1.82) is 0 Å². The van der Waals surface area contributed by atoms with Crippen LogP contribution in [0, 0.1) is 12.3 Å². The maximum absolute atomic E-state index is 11.7. The molecule has 2 aromatic carbocycles. The minimum Gasteiger partial charge on any atom is -0.496 e. The molecule has 0 aromatic heterocycles. The van der Waals surface area contributed by atoms with Crippen LogP contribution >= 0.6 is 0 Å². The Kier molecular flexibility index (Phi) is 3.85. The predicted octanol–water partition coefficient (Wildman–Crippen LogP) is 4.67. The van der Waals surface area contributed by atoms with Gasteiger partial charge < -0.3 is 4.74 Å². The van der Waals surface area contributed by atoms with Gasteiger partial charge in [0.1, 0.15) is 5.75 Å². The Morgan fingerprint density at radius 2 is 1.50 bits per heavy atom. The van der Waals surface area contributed by atoms with Crippen molar-refractivity contribution in [2.24, 2.45) is 5.41 Å². The van der Waals surface area contributed by atoms with Gasteiger partial charge in [-0.05, 0) is 71.9 Å². The van der Waals surface area contributed by atoms with Gasteiger partial charge in [-0.3, -0.25) is 0 Å². The number of aryl methyl sites for hydroxylation is 1. The van der Waals surface area contributed by atoms with Crippen LogP contribution in [0.15, 0.2) is 59.5 Å². The maximum Gasteiger partial charge on any atom is 0.175 e. The molecule has 3 nitrogen and oxygen atoms in total. The molecule has 0 bridgehead atoms. The first-order chi connectivity index (χ1) is 12.3. The minimum absolute atomic E-state index is 0.188. The van der Waals surface area contributed by atoms with E-state index in [2.05, 4.69) is 31.2 Å². The molecule has 1 spiro atoms. The first-order valence-corrected chi connectivity index (χ1v) is 10.6. The van der Waals surface area contributed by atoms with Gasteiger partial charge >= 0.3 is 0 Å². The predicted molar refractivity (Wildman–Crippen MR) is 105 cm³/mol. The molecule has 1 fully saturated rings. The van der Waals surface area contributed by atoms with E-state index in [0.29, 0.717) is 4.90 Å². The second-order valence-electron chi connectivity index (χ2n) is 7.33. The van der Waals surface area contributed by atoms with E-state index in [0.717, 1.165) is 16.9 Å². The van der Waals surface area contributed by atoms with Crippen molar-refractivity contribution in [1.82, 2.24) is 0 Å². The van der Waals surface area contributed by atoms with Crippen LogP contribution in [-0.2, 0) is 9.84 Å². The van der Waals surface area contributed by atoms with E-state index in [1.807, 2.05) is 18.2 Å². The minimum atomic E-state index is -3.18. The van der Waals surface area contributed by atoms with E-state index in [-0.39, 0.29) is 5.41 Å². The van der Waals surface area contributed by atoms with Gasteiger partial charge in [0, 0.05) is 11.7 Å². The standard InChI is InChI=1S/C22H22O3S/c1-15-12-17(6-9-21(15)25-2)20-14-22(10-11-22)13-19(20)16-4-7-18(8-5-16)26(3,23)24/h4-9,12-14H,10-11H2,1-3H3. The van der Waals surface area contributed by atoms with Crippen LogP contribution in [0.2, 0.25) is 0 Å². The molecule has 134 valence electrons. The van der Waals surface area contributed by atoms with Crippen LogP contribution in [0.1, 0.15) is 29.5 Å². The Balaban J connectivity index is 1.76. The van der Waals surface area contributed by atoms with Crippen LogP contribution in [0.5, 0.6) is 5.75 Å². The number of benzene rings is 2. The molecule has 2 aliphatic carbocycles. The van der Waals surface area contributed by atoms with Gasteiger partial charge in [0.05, 0.1) is 12.0 Å². The lowest BCUT2D eigenvalue weighted by Crippen LogP contribution is -1.97. The molecular weight excluding hydrogens is 344 g/mol. The summed E-state index contributed by atoms with van der Waals surface area (Å²) in [7, 11) is -1.50. The van der Waals surface area contributed by atoms with Crippen molar-refractivity contribution < 1.29 is 13.2 Å². The van der Waals surface area contributed by atoms with E-state index in [1.165, 1.54) is 35.8 Å². The van der Waals surface area contributed by atoms with Gasteiger partial charge in [0.15, 0.2) is 9.84 Å². The van der Waals surface area contributed by atoms with Gasteiger partial charge in [0.25, 0.3) is 0 Å². The summed E-state index contributed by atoms with van der Waals surface area (Å²) in [6, 6.07) is 13.5. The smallest absolute Gasteiger partial charge is 0.175 e. The van der Waals surface area contributed by atoms with Crippen LogP contribution in [0.4, 0.5) is 0 Å². The summed E-state index contributed by atoms with van der Waals surface area (Å²) in [6.07, 6.45) is 8.31. The first kappa shape index (κ1) is 17.1. The fourth-order valence-electron chi connectivity index (χ4n) is 3.61. The zero-order chi connectivity index (χ0) is 18.5. The number of hydrogen-bond donors (Lipinski definition) is 0. The van der Waals surface area contributed by atoms with Crippen LogP contribution < -0.4 is 4.74 Å². The topological polar surface area (TPSA) is 43.4 Å². The second kappa shape index (κ2) is 5.85. The summed E-state index contributed by atoms with van der Waals surface area (Å²) in [5, 5.41) is 0. The lowest BCUT2D eigenvalue weighted by Gasteiger charge is -2.12. The van der Waals surface area contributed by atoms with Gasteiger partial charge in [-0.25, -0.2) is 8.42 Å². The quantitative estimate of drug-likeness (QED) is 0.790. The molecule has 0 radical (unpaired) electrons. The molecule has 4 rings (SSSR count). The molecule has 0 N–H and O–H groups in total. The number of allylic oxidation sites excluding steroid dienone is 4. The highest BCUT2D eigenvalue weighted by atomic mass is 32.2. The number of methoxy groups -OCH3 is 1. The fourth-order valence-corrected chi connectivity index (χ4v) is 4.24. The molecule has 0 heterocycles. The lowest BCUT2D eigenvalue weighted by molar-refractivity contribution is 0.411. The molecule has 1 saturated carbocycles. The SMILES string of the molecule is COc1ccc(C2=CC3(C=C2c2ccc(S(C)(=O)=O)cc2)CC3)cc1C. The highest BCUT2D eigenvalue weighted by molar-refractivity contribution is 7.90.